The van der Waals surface area contributed by atoms with E-state index in [9.17, 15) is 0 Å². The summed E-state index contributed by atoms with van der Waals surface area (Å²) >= 11 is 0. The van der Waals surface area contributed by atoms with Gasteiger partial charge in [0.15, 0.2) is 0 Å². The Morgan fingerprint density at radius 2 is 1.92 bits per heavy atom. The molecule has 12 heavy (non-hydrogen) atoms. The van der Waals surface area contributed by atoms with Crippen LogP contribution in [0.5, 0.6) is 0 Å². The van der Waals surface area contributed by atoms with Gasteiger partial charge in [0.25, 0.3) is 0 Å². The standard InChI is InChI=1S/C11H21N/c1-8-7-11(3,4)6-5-10(12)9(8)2/h10H,5-7,12H2,1-4H3. The molecule has 1 unspecified atom stereocenters. The summed E-state index contributed by atoms with van der Waals surface area (Å²) in [7, 11) is 0. The molecule has 1 rings (SSSR count). The Labute approximate surface area is 76.0 Å². The van der Waals surface area contributed by atoms with E-state index in [1.807, 2.05) is 0 Å². The predicted octanol–water partition coefficient (Wildman–Crippen LogP) is 2.86. The molecule has 0 heterocycles. The Bertz CT molecular complexity index is 201. The van der Waals surface area contributed by atoms with Crippen LogP contribution in [0.4, 0.5) is 0 Å². The maximum Gasteiger partial charge on any atom is 0.0253 e. The maximum atomic E-state index is 6.03. The van der Waals surface area contributed by atoms with E-state index in [-0.39, 0.29) is 0 Å². The van der Waals surface area contributed by atoms with Gasteiger partial charge in [-0.2, -0.15) is 0 Å². The zero-order valence-corrected chi connectivity index (χ0v) is 8.78. The van der Waals surface area contributed by atoms with Crippen molar-refractivity contribution in [1.82, 2.24) is 0 Å². The smallest absolute Gasteiger partial charge is 0.0253 e. The molecule has 2 N–H and O–H groups in total. The highest BCUT2D eigenvalue weighted by atomic mass is 14.6. The molecule has 1 atom stereocenters. The van der Waals surface area contributed by atoms with Gasteiger partial charge in [0.1, 0.15) is 0 Å². The Hall–Kier alpha value is -0.300. The minimum absolute atomic E-state index is 0.312. The molecular weight excluding hydrogens is 146 g/mol. The summed E-state index contributed by atoms with van der Waals surface area (Å²) in [6, 6.07) is 0.312. The lowest BCUT2D eigenvalue weighted by Gasteiger charge is -2.22. The van der Waals surface area contributed by atoms with Crippen molar-refractivity contribution in [1.29, 1.82) is 0 Å². The number of rotatable bonds is 0. The van der Waals surface area contributed by atoms with Gasteiger partial charge in [0.2, 0.25) is 0 Å². The van der Waals surface area contributed by atoms with E-state index < -0.39 is 0 Å². The van der Waals surface area contributed by atoms with Gasteiger partial charge < -0.3 is 5.73 Å². The van der Waals surface area contributed by atoms with Crippen LogP contribution in [0.3, 0.4) is 0 Å². The lowest BCUT2D eigenvalue weighted by molar-refractivity contribution is 0.326. The largest absolute Gasteiger partial charge is 0.324 e. The summed E-state index contributed by atoms with van der Waals surface area (Å²) in [5.41, 5.74) is 9.41. The quantitative estimate of drug-likeness (QED) is 0.552. The highest BCUT2D eigenvalue weighted by Gasteiger charge is 2.24. The highest BCUT2D eigenvalue weighted by molar-refractivity contribution is 5.18. The van der Waals surface area contributed by atoms with E-state index in [1.54, 1.807) is 0 Å². The Balaban J connectivity index is 2.84. The molecule has 0 saturated carbocycles. The van der Waals surface area contributed by atoms with Gasteiger partial charge in [-0.3, -0.25) is 0 Å². The minimum Gasteiger partial charge on any atom is -0.324 e. The Morgan fingerprint density at radius 3 is 2.50 bits per heavy atom. The van der Waals surface area contributed by atoms with Crippen molar-refractivity contribution in [2.45, 2.75) is 53.0 Å². The van der Waals surface area contributed by atoms with Crippen molar-refractivity contribution in [3.05, 3.63) is 11.1 Å². The van der Waals surface area contributed by atoms with Crippen molar-refractivity contribution in [2.75, 3.05) is 0 Å². The third-order valence-electron chi connectivity index (χ3n) is 3.11. The number of nitrogens with two attached hydrogens (primary N) is 1. The van der Waals surface area contributed by atoms with E-state index in [0.29, 0.717) is 11.5 Å². The zero-order valence-electron chi connectivity index (χ0n) is 8.78. The van der Waals surface area contributed by atoms with E-state index in [0.717, 1.165) is 6.42 Å². The lowest BCUT2D eigenvalue weighted by atomic mass is 9.83. The van der Waals surface area contributed by atoms with E-state index >= 15 is 0 Å². The first-order valence-electron chi connectivity index (χ1n) is 4.84. The number of allylic oxidation sites excluding steroid dienone is 1. The fourth-order valence-electron chi connectivity index (χ4n) is 2.02. The van der Waals surface area contributed by atoms with Crippen molar-refractivity contribution in [3.63, 3.8) is 0 Å². The van der Waals surface area contributed by atoms with Crippen LogP contribution in [-0.4, -0.2) is 6.04 Å². The fourth-order valence-corrected chi connectivity index (χ4v) is 2.02. The summed E-state index contributed by atoms with van der Waals surface area (Å²) in [4.78, 5) is 0. The van der Waals surface area contributed by atoms with Crippen LogP contribution in [0.15, 0.2) is 11.1 Å². The molecular formula is C11H21N. The molecule has 0 aliphatic heterocycles. The molecule has 70 valence electrons. The van der Waals surface area contributed by atoms with Crippen LogP contribution in [0, 0.1) is 5.41 Å². The Morgan fingerprint density at radius 1 is 1.33 bits per heavy atom. The average molecular weight is 167 g/mol. The van der Waals surface area contributed by atoms with Gasteiger partial charge >= 0.3 is 0 Å². The average Bonchev–Trinajstić information content (AvgIpc) is 2.03. The van der Waals surface area contributed by atoms with Crippen LogP contribution < -0.4 is 5.73 Å². The third-order valence-corrected chi connectivity index (χ3v) is 3.11. The summed E-state index contributed by atoms with van der Waals surface area (Å²) in [5, 5.41) is 0. The molecule has 0 aromatic heterocycles. The monoisotopic (exact) mass is 167 g/mol. The first-order chi connectivity index (χ1) is 5.42. The van der Waals surface area contributed by atoms with Gasteiger partial charge in [-0.15, -0.1) is 0 Å². The predicted molar refractivity (Wildman–Crippen MR) is 54.0 cm³/mol. The second kappa shape index (κ2) is 3.21. The van der Waals surface area contributed by atoms with Crippen LogP contribution in [0.2, 0.25) is 0 Å². The van der Waals surface area contributed by atoms with Crippen LogP contribution in [-0.2, 0) is 0 Å². The van der Waals surface area contributed by atoms with E-state index in [2.05, 4.69) is 27.7 Å². The molecule has 1 nitrogen and oxygen atoms in total. The number of hydrogen-bond acceptors (Lipinski definition) is 1. The third kappa shape index (κ3) is 2.10. The summed E-state index contributed by atoms with van der Waals surface area (Å²) < 4.78 is 0. The van der Waals surface area contributed by atoms with Gasteiger partial charge in [-0.05, 0) is 38.5 Å². The first-order valence-corrected chi connectivity index (χ1v) is 4.84. The molecule has 0 fully saturated rings. The fraction of sp³-hybridized carbons (Fsp3) is 0.818. The van der Waals surface area contributed by atoms with Crippen molar-refractivity contribution in [3.8, 4) is 0 Å². The first kappa shape index (κ1) is 9.79. The van der Waals surface area contributed by atoms with E-state index in [4.69, 9.17) is 5.73 Å². The van der Waals surface area contributed by atoms with Crippen LogP contribution in [0.1, 0.15) is 47.0 Å². The molecule has 0 aromatic carbocycles. The SMILES string of the molecule is CC1=C(C)C(N)CCC(C)(C)C1. The van der Waals surface area contributed by atoms with Crippen LogP contribution >= 0.6 is 0 Å². The molecule has 0 amide bonds. The van der Waals surface area contributed by atoms with Gasteiger partial charge in [-0.25, -0.2) is 0 Å². The minimum atomic E-state index is 0.312. The highest BCUT2D eigenvalue weighted by Crippen LogP contribution is 2.35. The zero-order chi connectivity index (χ0) is 9.35. The Kier molecular flexibility index (Phi) is 2.62. The van der Waals surface area contributed by atoms with Gasteiger partial charge in [0, 0.05) is 6.04 Å². The normalized spacial score (nSPS) is 30.2. The lowest BCUT2D eigenvalue weighted by Crippen LogP contribution is -2.21. The topological polar surface area (TPSA) is 26.0 Å². The van der Waals surface area contributed by atoms with Gasteiger partial charge in [0.05, 0.1) is 0 Å². The van der Waals surface area contributed by atoms with Crippen molar-refractivity contribution < 1.29 is 0 Å². The summed E-state index contributed by atoms with van der Waals surface area (Å²) in [6.07, 6.45) is 3.62. The van der Waals surface area contributed by atoms with E-state index in [1.165, 1.54) is 24.0 Å². The summed E-state index contributed by atoms with van der Waals surface area (Å²) in [6.45, 7) is 9.08. The maximum absolute atomic E-state index is 6.03. The van der Waals surface area contributed by atoms with Gasteiger partial charge in [-0.1, -0.05) is 25.0 Å². The second-order valence-corrected chi connectivity index (χ2v) is 4.95. The molecule has 0 radical (unpaired) electrons. The molecule has 0 saturated heterocycles. The molecule has 0 aromatic rings. The summed E-state index contributed by atoms with van der Waals surface area (Å²) in [5.74, 6) is 0. The van der Waals surface area contributed by atoms with Crippen molar-refractivity contribution >= 4 is 0 Å². The second-order valence-electron chi connectivity index (χ2n) is 4.95. The van der Waals surface area contributed by atoms with Crippen molar-refractivity contribution in [2.24, 2.45) is 11.1 Å². The molecule has 0 spiro atoms. The number of hydrogen-bond donors (Lipinski definition) is 1. The molecule has 1 aliphatic rings. The molecule has 0 bridgehead atoms. The molecule has 1 aliphatic carbocycles. The van der Waals surface area contributed by atoms with Crippen LogP contribution in [0.25, 0.3) is 0 Å². The molecule has 1 heteroatoms.